The van der Waals surface area contributed by atoms with Crippen molar-refractivity contribution in [2.24, 2.45) is 5.92 Å². The molecule has 3 aliphatic rings. The zero-order valence-electron chi connectivity index (χ0n) is 15.8. The summed E-state index contributed by atoms with van der Waals surface area (Å²) in [6.07, 6.45) is 9.07. The standard InChI is InChI=1S/C21H30N2O2S/c1-17-7-11-23(12-8-17)26(24,25)21-6-5-19-13-18(14-20(19)15-21)16-22-9-3-2-4-10-22/h5-6,14-15,17H,2-4,7-13,16H2,1H3. The topological polar surface area (TPSA) is 40.6 Å². The van der Waals surface area contributed by atoms with Crippen LogP contribution in [0.3, 0.4) is 0 Å². The molecule has 0 N–H and O–H groups in total. The molecule has 0 saturated carbocycles. The van der Waals surface area contributed by atoms with Crippen LogP contribution in [-0.2, 0) is 16.4 Å². The molecule has 1 aliphatic carbocycles. The lowest BCUT2D eigenvalue weighted by atomic mass is 10.0. The molecule has 2 saturated heterocycles. The third-order valence-electron chi connectivity index (χ3n) is 6.15. The maximum Gasteiger partial charge on any atom is 0.243 e. The van der Waals surface area contributed by atoms with E-state index in [-0.39, 0.29) is 0 Å². The van der Waals surface area contributed by atoms with Gasteiger partial charge in [-0.15, -0.1) is 0 Å². The fraction of sp³-hybridized carbons (Fsp3) is 0.619. The van der Waals surface area contributed by atoms with Gasteiger partial charge in [0.25, 0.3) is 0 Å². The van der Waals surface area contributed by atoms with E-state index in [9.17, 15) is 8.42 Å². The molecule has 2 aliphatic heterocycles. The first-order valence-electron chi connectivity index (χ1n) is 10.1. The van der Waals surface area contributed by atoms with Gasteiger partial charge < -0.3 is 0 Å². The number of benzene rings is 1. The molecule has 0 radical (unpaired) electrons. The minimum Gasteiger partial charge on any atom is -0.299 e. The summed E-state index contributed by atoms with van der Waals surface area (Å²) in [6, 6.07) is 5.73. The molecule has 1 aromatic carbocycles. The maximum absolute atomic E-state index is 13.0. The van der Waals surface area contributed by atoms with Crippen molar-refractivity contribution in [3.63, 3.8) is 0 Å². The molecule has 5 heteroatoms. The van der Waals surface area contributed by atoms with Crippen LogP contribution in [0.1, 0.15) is 50.2 Å². The van der Waals surface area contributed by atoms with Crippen molar-refractivity contribution >= 4 is 16.1 Å². The molecule has 0 spiro atoms. The van der Waals surface area contributed by atoms with Gasteiger partial charge in [-0.1, -0.05) is 31.1 Å². The van der Waals surface area contributed by atoms with E-state index >= 15 is 0 Å². The summed E-state index contributed by atoms with van der Waals surface area (Å²) in [6.45, 7) is 6.92. The summed E-state index contributed by atoms with van der Waals surface area (Å²) in [5.74, 6) is 0.627. The van der Waals surface area contributed by atoms with Crippen LogP contribution in [0, 0.1) is 5.92 Å². The van der Waals surface area contributed by atoms with Gasteiger partial charge in [-0.25, -0.2) is 8.42 Å². The number of fused-ring (bicyclic) bond motifs is 1. The Balaban J connectivity index is 1.50. The maximum atomic E-state index is 13.0. The lowest BCUT2D eigenvalue weighted by Crippen LogP contribution is -2.37. The van der Waals surface area contributed by atoms with Crippen LogP contribution in [0.4, 0.5) is 0 Å². The SMILES string of the molecule is CC1CCN(S(=O)(=O)c2ccc3c(c2)C=C(CN2CCCCC2)C3)CC1. The number of hydrogen-bond acceptors (Lipinski definition) is 3. The third-order valence-corrected chi connectivity index (χ3v) is 8.04. The summed E-state index contributed by atoms with van der Waals surface area (Å²) in [7, 11) is -3.36. The highest BCUT2D eigenvalue weighted by atomic mass is 32.2. The largest absolute Gasteiger partial charge is 0.299 e. The van der Waals surface area contributed by atoms with Gasteiger partial charge in [-0.3, -0.25) is 4.90 Å². The van der Waals surface area contributed by atoms with Crippen molar-refractivity contribution in [1.82, 2.24) is 9.21 Å². The van der Waals surface area contributed by atoms with E-state index in [1.54, 1.807) is 4.31 Å². The summed E-state index contributed by atoms with van der Waals surface area (Å²) >= 11 is 0. The first-order valence-corrected chi connectivity index (χ1v) is 11.5. The number of nitrogens with zero attached hydrogens (tertiary/aromatic N) is 2. The lowest BCUT2D eigenvalue weighted by molar-refractivity contribution is 0.246. The van der Waals surface area contributed by atoms with E-state index in [2.05, 4.69) is 17.9 Å². The Morgan fingerprint density at radius 1 is 1.04 bits per heavy atom. The predicted molar refractivity (Wildman–Crippen MR) is 106 cm³/mol. The van der Waals surface area contributed by atoms with Crippen LogP contribution in [0.5, 0.6) is 0 Å². The molecule has 0 unspecified atom stereocenters. The highest BCUT2D eigenvalue weighted by Crippen LogP contribution is 2.30. The molecular formula is C21H30N2O2S. The van der Waals surface area contributed by atoms with E-state index in [4.69, 9.17) is 0 Å². The van der Waals surface area contributed by atoms with E-state index in [0.717, 1.165) is 31.4 Å². The van der Waals surface area contributed by atoms with Crippen molar-refractivity contribution in [3.8, 4) is 0 Å². The monoisotopic (exact) mass is 374 g/mol. The van der Waals surface area contributed by atoms with Crippen molar-refractivity contribution < 1.29 is 8.42 Å². The van der Waals surface area contributed by atoms with Gasteiger partial charge in [0, 0.05) is 19.6 Å². The van der Waals surface area contributed by atoms with Crippen molar-refractivity contribution in [2.75, 3.05) is 32.7 Å². The zero-order chi connectivity index (χ0) is 18.1. The summed E-state index contributed by atoms with van der Waals surface area (Å²) in [5.41, 5.74) is 3.79. The second kappa shape index (κ2) is 7.45. The molecule has 2 fully saturated rings. The highest BCUT2D eigenvalue weighted by molar-refractivity contribution is 7.89. The van der Waals surface area contributed by atoms with Crippen LogP contribution in [0.15, 0.2) is 28.7 Å². The van der Waals surface area contributed by atoms with Crippen LogP contribution >= 0.6 is 0 Å². The molecule has 142 valence electrons. The van der Waals surface area contributed by atoms with Gasteiger partial charge in [-0.05, 0) is 74.4 Å². The van der Waals surface area contributed by atoms with Gasteiger partial charge in [0.1, 0.15) is 0 Å². The Morgan fingerprint density at radius 3 is 2.50 bits per heavy atom. The van der Waals surface area contributed by atoms with Gasteiger partial charge in [0.05, 0.1) is 4.90 Å². The third kappa shape index (κ3) is 3.75. The molecule has 4 rings (SSSR count). The Kier molecular flexibility index (Phi) is 5.22. The summed E-state index contributed by atoms with van der Waals surface area (Å²) in [4.78, 5) is 2.99. The Hall–Kier alpha value is -1.17. The molecule has 0 bridgehead atoms. The predicted octanol–water partition coefficient (Wildman–Crippen LogP) is 3.53. The zero-order valence-corrected chi connectivity index (χ0v) is 16.6. The van der Waals surface area contributed by atoms with E-state index in [1.807, 2.05) is 18.2 Å². The first-order chi connectivity index (χ1) is 12.5. The van der Waals surface area contributed by atoms with Crippen molar-refractivity contribution in [1.29, 1.82) is 0 Å². The van der Waals surface area contributed by atoms with Gasteiger partial charge in [0.2, 0.25) is 10.0 Å². The smallest absolute Gasteiger partial charge is 0.243 e. The highest BCUT2D eigenvalue weighted by Gasteiger charge is 2.29. The van der Waals surface area contributed by atoms with Crippen molar-refractivity contribution in [2.45, 2.75) is 50.3 Å². The minimum absolute atomic E-state index is 0.460. The van der Waals surface area contributed by atoms with E-state index < -0.39 is 10.0 Å². The lowest BCUT2D eigenvalue weighted by Gasteiger charge is -2.29. The quantitative estimate of drug-likeness (QED) is 0.809. The Morgan fingerprint density at radius 2 is 1.77 bits per heavy atom. The molecular weight excluding hydrogens is 344 g/mol. The number of likely N-dealkylation sites (tertiary alicyclic amines) is 1. The van der Waals surface area contributed by atoms with Gasteiger partial charge in [0.15, 0.2) is 0 Å². The number of rotatable bonds is 4. The minimum atomic E-state index is -3.36. The molecule has 26 heavy (non-hydrogen) atoms. The first kappa shape index (κ1) is 18.2. The van der Waals surface area contributed by atoms with Crippen LogP contribution in [0.25, 0.3) is 6.08 Å². The fourth-order valence-electron chi connectivity index (χ4n) is 4.42. The Labute approximate surface area is 157 Å². The number of sulfonamides is 1. The normalized spacial score (nSPS) is 23.0. The molecule has 2 heterocycles. The van der Waals surface area contributed by atoms with Gasteiger partial charge in [-0.2, -0.15) is 4.31 Å². The molecule has 1 aromatic rings. The molecule has 0 aromatic heterocycles. The average molecular weight is 375 g/mol. The second-order valence-electron chi connectivity index (χ2n) is 8.26. The van der Waals surface area contributed by atoms with Crippen molar-refractivity contribution in [3.05, 3.63) is 34.9 Å². The summed E-state index contributed by atoms with van der Waals surface area (Å²) in [5, 5.41) is 0. The van der Waals surface area contributed by atoms with Crippen LogP contribution < -0.4 is 0 Å². The molecule has 4 nitrogen and oxygen atoms in total. The summed E-state index contributed by atoms with van der Waals surface area (Å²) < 4.78 is 27.6. The number of piperidine rings is 2. The van der Waals surface area contributed by atoms with Gasteiger partial charge >= 0.3 is 0 Å². The van der Waals surface area contributed by atoms with E-state index in [0.29, 0.717) is 23.9 Å². The van der Waals surface area contributed by atoms with E-state index in [1.165, 1.54) is 43.5 Å². The average Bonchev–Trinajstić information content (AvgIpc) is 3.04. The fourth-order valence-corrected chi connectivity index (χ4v) is 5.93. The van der Waals surface area contributed by atoms with Crippen LogP contribution in [0.2, 0.25) is 0 Å². The molecule has 0 atom stereocenters. The Bertz CT molecular complexity index is 786. The number of hydrogen-bond donors (Lipinski definition) is 0. The van der Waals surface area contributed by atoms with Crippen LogP contribution in [-0.4, -0.2) is 50.3 Å². The second-order valence-corrected chi connectivity index (χ2v) is 10.2. The molecule has 0 amide bonds.